The number of nitrogens with zero attached hydrogens (tertiary/aromatic N) is 2. The van der Waals surface area contributed by atoms with E-state index in [4.69, 9.17) is 0 Å². The van der Waals surface area contributed by atoms with Crippen LogP contribution < -0.4 is 0 Å². The zero-order valence-electron chi connectivity index (χ0n) is 11.2. The third-order valence-corrected chi connectivity index (χ3v) is 4.26. The van der Waals surface area contributed by atoms with Gasteiger partial charge in [0.2, 0.25) is 0 Å². The normalized spacial score (nSPS) is 13.4. The highest BCUT2D eigenvalue weighted by Crippen LogP contribution is 2.40. The molecule has 0 spiro atoms. The molecule has 1 aromatic carbocycles. The topological polar surface area (TPSA) is 34.9 Å². The minimum atomic E-state index is -4.77. The molecule has 0 fully saturated rings. The number of halogens is 4. The molecule has 0 radical (unpaired) electrons. The van der Waals surface area contributed by atoms with E-state index < -0.39 is 28.4 Å². The summed E-state index contributed by atoms with van der Waals surface area (Å²) in [4.78, 5) is 3.68. The monoisotopic (exact) mass is 320 g/mol. The van der Waals surface area contributed by atoms with Gasteiger partial charge >= 0.3 is 6.18 Å². The number of benzene rings is 1. The molecule has 0 aliphatic carbocycles. The fourth-order valence-electron chi connectivity index (χ4n) is 1.98. The van der Waals surface area contributed by atoms with E-state index in [1.807, 2.05) is 0 Å². The lowest BCUT2D eigenvalue weighted by atomic mass is 10.1. The smallest absolute Gasteiger partial charge is 0.334 e. The van der Waals surface area contributed by atoms with Gasteiger partial charge in [-0.15, -0.1) is 0 Å². The van der Waals surface area contributed by atoms with Gasteiger partial charge < -0.3 is 4.57 Å². The summed E-state index contributed by atoms with van der Waals surface area (Å²) in [5.41, 5.74) is -1.51. The highest BCUT2D eigenvalue weighted by molar-refractivity contribution is 7.85. The summed E-state index contributed by atoms with van der Waals surface area (Å²) >= 11 is 0. The van der Waals surface area contributed by atoms with Crippen molar-refractivity contribution in [1.29, 1.82) is 0 Å². The Balaban J connectivity index is 2.86. The molecule has 1 atom stereocenters. The van der Waals surface area contributed by atoms with Crippen molar-refractivity contribution in [3.05, 3.63) is 35.9 Å². The molecule has 114 valence electrons. The Morgan fingerprint density at radius 3 is 2.48 bits per heavy atom. The van der Waals surface area contributed by atoms with E-state index in [1.165, 1.54) is 24.0 Å². The molecule has 0 N–H and O–H groups in total. The third-order valence-electron chi connectivity index (χ3n) is 2.92. The molecule has 1 heterocycles. The van der Waals surface area contributed by atoms with Crippen LogP contribution in [0.3, 0.4) is 0 Å². The minimum absolute atomic E-state index is 0.000810. The van der Waals surface area contributed by atoms with Crippen molar-refractivity contribution in [3.8, 4) is 11.4 Å². The van der Waals surface area contributed by atoms with Gasteiger partial charge in [-0.25, -0.2) is 9.37 Å². The van der Waals surface area contributed by atoms with Gasteiger partial charge in [0.05, 0.1) is 21.3 Å². The molecule has 0 saturated heterocycles. The molecule has 2 aromatic rings. The molecule has 1 unspecified atom stereocenters. The number of imidazole rings is 1. The molecular formula is C13H12F4N2OS. The van der Waals surface area contributed by atoms with Crippen molar-refractivity contribution in [1.82, 2.24) is 9.55 Å². The standard InChI is InChI=1S/C13H12F4N2OS/c1-3-21(20)10-7-8(14)6-9(13(15,16)17)11(10)12-18-4-5-19(12)2/h4-7H,3H2,1-2H3. The van der Waals surface area contributed by atoms with E-state index in [9.17, 15) is 21.8 Å². The number of alkyl halides is 3. The average Bonchev–Trinajstić information content (AvgIpc) is 2.82. The van der Waals surface area contributed by atoms with Crippen LogP contribution in [0.15, 0.2) is 29.4 Å². The van der Waals surface area contributed by atoms with Gasteiger partial charge in [0.25, 0.3) is 0 Å². The Labute approximate surface area is 121 Å². The second kappa shape index (κ2) is 5.59. The van der Waals surface area contributed by atoms with Gasteiger partial charge in [0, 0.05) is 30.8 Å². The zero-order valence-corrected chi connectivity index (χ0v) is 12.1. The first kappa shape index (κ1) is 15.7. The highest BCUT2D eigenvalue weighted by Gasteiger charge is 2.37. The fourth-order valence-corrected chi connectivity index (χ4v) is 2.96. The molecule has 0 saturated carbocycles. The molecule has 1 aromatic heterocycles. The first-order valence-electron chi connectivity index (χ1n) is 6.02. The molecule has 8 heteroatoms. The molecule has 21 heavy (non-hydrogen) atoms. The van der Waals surface area contributed by atoms with Gasteiger partial charge in [-0.1, -0.05) is 6.92 Å². The summed E-state index contributed by atoms with van der Waals surface area (Å²) in [6, 6.07) is 1.28. The van der Waals surface area contributed by atoms with Gasteiger partial charge in [0.15, 0.2) is 0 Å². The maximum Gasteiger partial charge on any atom is 0.417 e. The summed E-state index contributed by atoms with van der Waals surface area (Å²) in [5, 5.41) is 0. The lowest BCUT2D eigenvalue weighted by molar-refractivity contribution is -0.137. The largest absolute Gasteiger partial charge is 0.417 e. The van der Waals surface area contributed by atoms with Crippen LogP contribution in [0.5, 0.6) is 0 Å². The number of aryl methyl sites for hydroxylation is 1. The Bertz CT molecular complexity index is 694. The van der Waals surface area contributed by atoms with Crippen LogP contribution in [0.4, 0.5) is 17.6 Å². The molecule has 2 rings (SSSR count). The highest BCUT2D eigenvalue weighted by atomic mass is 32.2. The van der Waals surface area contributed by atoms with Crippen molar-refractivity contribution in [3.63, 3.8) is 0 Å². The molecular weight excluding hydrogens is 308 g/mol. The van der Waals surface area contributed by atoms with E-state index in [0.29, 0.717) is 6.07 Å². The van der Waals surface area contributed by atoms with E-state index in [0.717, 1.165) is 6.07 Å². The Morgan fingerprint density at radius 2 is 2.00 bits per heavy atom. The fraction of sp³-hybridized carbons (Fsp3) is 0.308. The van der Waals surface area contributed by atoms with Gasteiger partial charge in [-0.2, -0.15) is 13.2 Å². The van der Waals surface area contributed by atoms with E-state index in [1.54, 1.807) is 6.92 Å². The van der Waals surface area contributed by atoms with Gasteiger partial charge in [-0.3, -0.25) is 4.21 Å². The van der Waals surface area contributed by atoms with Gasteiger partial charge in [0.1, 0.15) is 11.6 Å². The van der Waals surface area contributed by atoms with Crippen LogP contribution >= 0.6 is 0 Å². The van der Waals surface area contributed by atoms with Crippen LogP contribution in [-0.2, 0) is 24.0 Å². The first-order valence-corrected chi connectivity index (χ1v) is 7.34. The minimum Gasteiger partial charge on any atom is -0.334 e. The Morgan fingerprint density at radius 1 is 1.33 bits per heavy atom. The number of hydrogen-bond donors (Lipinski definition) is 0. The molecule has 3 nitrogen and oxygen atoms in total. The molecule has 0 amide bonds. The van der Waals surface area contributed by atoms with Crippen molar-refractivity contribution in [2.24, 2.45) is 7.05 Å². The summed E-state index contributed by atoms with van der Waals surface area (Å²) < 4.78 is 66.5. The maximum atomic E-state index is 13.5. The summed E-state index contributed by atoms with van der Waals surface area (Å²) in [5.74, 6) is -0.991. The number of aromatic nitrogens is 2. The van der Waals surface area contributed by atoms with Crippen LogP contribution in [0.1, 0.15) is 12.5 Å². The Kier molecular flexibility index (Phi) is 4.18. The molecule has 0 aliphatic rings. The lowest BCUT2D eigenvalue weighted by Crippen LogP contribution is -2.13. The summed E-state index contributed by atoms with van der Waals surface area (Å²) in [6.07, 6.45) is -1.97. The average molecular weight is 320 g/mol. The molecule has 0 aliphatic heterocycles. The number of rotatable bonds is 3. The van der Waals surface area contributed by atoms with Crippen molar-refractivity contribution in [2.75, 3.05) is 5.75 Å². The van der Waals surface area contributed by atoms with E-state index >= 15 is 0 Å². The van der Waals surface area contributed by atoms with Crippen LogP contribution in [0.25, 0.3) is 11.4 Å². The Hall–Kier alpha value is -1.70. The van der Waals surface area contributed by atoms with Crippen molar-refractivity contribution in [2.45, 2.75) is 18.0 Å². The third kappa shape index (κ3) is 2.99. The SMILES string of the molecule is CCS(=O)c1cc(F)cc(C(F)(F)F)c1-c1nccn1C. The summed E-state index contributed by atoms with van der Waals surface area (Å²) in [7, 11) is -0.225. The van der Waals surface area contributed by atoms with Crippen molar-refractivity contribution >= 4 is 10.8 Å². The van der Waals surface area contributed by atoms with E-state index in [2.05, 4.69) is 4.98 Å². The van der Waals surface area contributed by atoms with Crippen LogP contribution in [0, 0.1) is 5.82 Å². The zero-order chi connectivity index (χ0) is 15.8. The second-order valence-electron chi connectivity index (χ2n) is 4.32. The second-order valence-corrected chi connectivity index (χ2v) is 6.03. The predicted octanol–water partition coefficient (Wildman–Crippen LogP) is 3.37. The quantitative estimate of drug-likeness (QED) is 0.813. The van der Waals surface area contributed by atoms with Crippen LogP contribution in [-0.4, -0.2) is 19.5 Å². The van der Waals surface area contributed by atoms with Crippen LogP contribution in [0.2, 0.25) is 0 Å². The van der Waals surface area contributed by atoms with E-state index in [-0.39, 0.29) is 22.0 Å². The number of hydrogen-bond acceptors (Lipinski definition) is 2. The predicted molar refractivity (Wildman–Crippen MR) is 70.6 cm³/mol. The van der Waals surface area contributed by atoms with Gasteiger partial charge in [-0.05, 0) is 12.1 Å². The first-order chi connectivity index (χ1) is 9.75. The lowest BCUT2D eigenvalue weighted by Gasteiger charge is -2.16. The van der Waals surface area contributed by atoms with Crippen molar-refractivity contribution < 1.29 is 21.8 Å². The maximum absolute atomic E-state index is 13.5. The molecule has 0 bridgehead atoms. The summed E-state index contributed by atoms with van der Waals surface area (Å²) in [6.45, 7) is 1.55.